The molecule has 112 valence electrons. The van der Waals surface area contributed by atoms with E-state index >= 15 is 0 Å². The van der Waals surface area contributed by atoms with E-state index in [0.29, 0.717) is 12.3 Å². The highest BCUT2D eigenvalue weighted by molar-refractivity contribution is 7.15. The first-order chi connectivity index (χ1) is 10.7. The summed E-state index contributed by atoms with van der Waals surface area (Å²) < 4.78 is 2.16. The normalized spacial score (nSPS) is 11.2. The molecular formula is C18H19N3S. The van der Waals surface area contributed by atoms with E-state index in [-0.39, 0.29) is 0 Å². The Hall–Kier alpha value is -2.12. The van der Waals surface area contributed by atoms with Gasteiger partial charge in [-0.15, -0.1) is 11.3 Å². The van der Waals surface area contributed by atoms with E-state index in [1.807, 2.05) is 0 Å². The fourth-order valence-corrected chi connectivity index (χ4v) is 3.68. The molecule has 22 heavy (non-hydrogen) atoms. The number of nitrogens with zero attached hydrogens (tertiary/aromatic N) is 3. The predicted molar refractivity (Wildman–Crippen MR) is 91.3 cm³/mol. The Morgan fingerprint density at radius 3 is 2.59 bits per heavy atom. The summed E-state index contributed by atoms with van der Waals surface area (Å²) >= 11 is 1.64. The summed E-state index contributed by atoms with van der Waals surface area (Å²) in [6.45, 7) is 6.42. The Balaban J connectivity index is 2.19. The number of hydrogen-bond donors (Lipinski definition) is 0. The zero-order valence-corrected chi connectivity index (χ0v) is 13.9. The summed E-state index contributed by atoms with van der Waals surface area (Å²) in [7, 11) is 0. The Morgan fingerprint density at radius 1 is 1.27 bits per heavy atom. The number of aryl methyl sites for hydroxylation is 1. The highest BCUT2D eigenvalue weighted by Gasteiger charge is 2.19. The lowest BCUT2D eigenvalue weighted by Crippen LogP contribution is -1.99. The van der Waals surface area contributed by atoms with Gasteiger partial charge in [-0.2, -0.15) is 5.26 Å². The van der Waals surface area contributed by atoms with Crippen LogP contribution in [0, 0.1) is 11.3 Å². The number of benzene rings is 1. The molecule has 0 saturated carbocycles. The molecule has 0 N–H and O–H groups in total. The molecule has 3 aromatic rings. The van der Waals surface area contributed by atoms with Crippen LogP contribution in [-0.4, -0.2) is 9.38 Å². The zero-order valence-electron chi connectivity index (χ0n) is 13.1. The van der Waals surface area contributed by atoms with Gasteiger partial charge in [-0.25, -0.2) is 4.98 Å². The summed E-state index contributed by atoms with van der Waals surface area (Å²) in [5.74, 6) is 0.325. The predicted octanol–water partition coefficient (Wildman–Crippen LogP) is 4.81. The molecule has 0 spiro atoms. The number of aromatic nitrogens is 2. The monoisotopic (exact) mass is 309 g/mol. The SMILES string of the molecule is CCc1ccc(-c2csc3nc(C(C)C)c(CC#N)n23)cc1. The minimum atomic E-state index is 0.325. The van der Waals surface area contributed by atoms with Gasteiger partial charge in [0.15, 0.2) is 4.96 Å². The van der Waals surface area contributed by atoms with E-state index in [0.717, 1.165) is 28.5 Å². The van der Waals surface area contributed by atoms with Crippen LogP contribution in [0.25, 0.3) is 16.2 Å². The maximum Gasteiger partial charge on any atom is 0.194 e. The molecule has 2 heterocycles. The van der Waals surface area contributed by atoms with Gasteiger partial charge in [-0.1, -0.05) is 45.0 Å². The number of fused-ring (bicyclic) bond motifs is 1. The Morgan fingerprint density at radius 2 is 2.00 bits per heavy atom. The van der Waals surface area contributed by atoms with Crippen LogP contribution >= 0.6 is 11.3 Å². The van der Waals surface area contributed by atoms with E-state index in [1.165, 1.54) is 11.1 Å². The van der Waals surface area contributed by atoms with Crippen LogP contribution in [0.2, 0.25) is 0 Å². The first kappa shape index (κ1) is 14.8. The number of nitriles is 1. The smallest absolute Gasteiger partial charge is 0.194 e. The molecule has 3 nitrogen and oxygen atoms in total. The lowest BCUT2D eigenvalue weighted by Gasteiger charge is -2.07. The quantitative estimate of drug-likeness (QED) is 0.693. The van der Waals surface area contributed by atoms with Crippen molar-refractivity contribution in [2.24, 2.45) is 0 Å². The molecule has 0 aliphatic heterocycles. The van der Waals surface area contributed by atoms with Gasteiger partial charge in [0.25, 0.3) is 0 Å². The van der Waals surface area contributed by atoms with Gasteiger partial charge in [0.2, 0.25) is 0 Å². The van der Waals surface area contributed by atoms with Crippen LogP contribution in [0.4, 0.5) is 0 Å². The lowest BCUT2D eigenvalue weighted by atomic mass is 10.1. The summed E-state index contributed by atoms with van der Waals surface area (Å²) in [5.41, 5.74) is 5.71. The van der Waals surface area contributed by atoms with Crippen molar-refractivity contribution >= 4 is 16.3 Å². The van der Waals surface area contributed by atoms with Gasteiger partial charge in [0.1, 0.15) is 0 Å². The van der Waals surface area contributed by atoms with E-state index in [1.54, 1.807) is 11.3 Å². The van der Waals surface area contributed by atoms with Crippen molar-refractivity contribution in [2.75, 3.05) is 0 Å². The van der Waals surface area contributed by atoms with Crippen molar-refractivity contribution in [3.8, 4) is 17.3 Å². The summed E-state index contributed by atoms with van der Waals surface area (Å²) in [4.78, 5) is 5.72. The van der Waals surface area contributed by atoms with Crippen LogP contribution in [0.1, 0.15) is 43.6 Å². The molecule has 3 rings (SSSR count). The maximum absolute atomic E-state index is 9.18. The van der Waals surface area contributed by atoms with Crippen molar-refractivity contribution < 1.29 is 0 Å². The highest BCUT2D eigenvalue weighted by atomic mass is 32.1. The van der Waals surface area contributed by atoms with Crippen LogP contribution in [0.15, 0.2) is 29.6 Å². The van der Waals surface area contributed by atoms with Crippen molar-refractivity contribution in [2.45, 2.75) is 39.5 Å². The summed E-state index contributed by atoms with van der Waals surface area (Å²) in [5, 5.41) is 11.3. The van der Waals surface area contributed by atoms with Gasteiger partial charge in [0, 0.05) is 5.38 Å². The molecule has 0 aliphatic carbocycles. The molecule has 2 aromatic heterocycles. The van der Waals surface area contributed by atoms with E-state index in [4.69, 9.17) is 4.98 Å². The van der Waals surface area contributed by atoms with Crippen LogP contribution in [-0.2, 0) is 12.8 Å². The second kappa shape index (κ2) is 5.94. The largest absolute Gasteiger partial charge is 0.286 e. The van der Waals surface area contributed by atoms with E-state index < -0.39 is 0 Å². The summed E-state index contributed by atoms with van der Waals surface area (Å²) in [6.07, 6.45) is 1.44. The zero-order chi connectivity index (χ0) is 15.7. The highest BCUT2D eigenvalue weighted by Crippen LogP contribution is 2.31. The third-order valence-electron chi connectivity index (χ3n) is 3.94. The Kier molecular flexibility index (Phi) is 4.00. The van der Waals surface area contributed by atoms with Crippen molar-refractivity contribution in [3.63, 3.8) is 0 Å². The molecule has 4 heteroatoms. The van der Waals surface area contributed by atoms with Crippen molar-refractivity contribution in [3.05, 3.63) is 46.6 Å². The summed E-state index contributed by atoms with van der Waals surface area (Å²) in [6, 6.07) is 10.9. The minimum Gasteiger partial charge on any atom is -0.286 e. The van der Waals surface area contributed by atoms with Gasteiger partial charge >= 0.3 is 0 Å². The minimum absolute atomic E-state index is 0.325. The average Bonchev–Trinajstić information content (AvgIpc) is 3.08. The molecule has 0 bridgehead atoms. The second-order valence-electron chi connectivity index (χ2n) is 5.72. The molecule has 0 atom stereocenters. The van der Waals surface area contributed by atoms with Gasteiger partial charge in [-0.3, -0.25) is 4.40 Å². The molecular weight excluding hydrogens is 290 g/mol. The fraction of sp³-hybridized carbons (Fsp3) is 0.333. The van der Waals surface area contributed by atoms with E-state index in [2.05, 4.69) is 60.9 Å². The first-order valence-electron chi connectivity index (χ1n) is 7.60. The first-order valence-corrected chi connectivity index (χ1v) is 8.48. The van der Waals surface area contributed by atoms with Gasteiger partial charge < -0.3 is 0 Å². The van der Waals surface area contributed by atoms with Gasteiger partial charge in [0.05, 0.1) is 29.6 Å². The number of thiazole rings is 1. The lowest BCUT2D eigenvalue weighted by molar-refractivity contribution is 0.814. The Labute approximate surface area is 134 Å². The second-order valence-corrected chi connectivity index (χ2v) is 6.56. The van der Waals surface area contributed by atoms with Crippen molar-refractivity contribution in [1.82, 2.24) is 9.38 Å². The number of rotatable bonds is 4. The number of imidazole rings is 1. The third-order valence-corrected chi connectivity index (χ3v) is 4.77. The molecule has 0 amide bonds. The molecule has 0 unspecified atom stereocenters. The molecule has 0 radical (unpaired) electrons. The Bertz CT molecular complexity index is 832. The topological polar surface area (TPSA) is 41.1 Å². The molecule has 0 aliphatic rings. The van der Waals surface area contributed by atoms with Crippen LogP contribution in [0.5, 0.6) is 0 Å². The van der Waals surface area contributed by atoms with Crippen LogP contribution in [0.3, 0.4) is 0 Å². The standard InChI is InChI=1S/C18H19N3S/c1-4-13-5-7-14(8-6-13)16-11-22-18-20-17(12(2)3)15(9-10-19)21(16)18/h5-8,11-12H,4,9H2,1-3H3. The van der Waals surface area contributed by atoms with E-state index in [9.17, 15) is 5.26 Å². The maximum atomic E-state index is 9.18. The fourth-order valence-electron chi connectivity index (χ4n) is 2.75. The molecule has 0 saturated heterocycles. The van der Waals surface area contributed by atoms with Crippen LogP contribution < -0.4 is 0 Å². The average molecular weight is 309 g/mol. The van der Waals surface area contributed by atoms with Gasteiger partial charge in [-0.05, 0) is 23.5 Å². The van der Waals surface area contributed by atoms with Crippen molar-refractivity contribution in [1.29, 1.82) is 5.26 Å². The number of hydrogen-bond acceptors (Lipinski definition) is 3. The molecule has 1 aromatic carbocycles. The molecule has 0 fully saturated rings. The third kappa shape index (κ3) is 2.42.